The van der Waals surface area contributed by atoms with E-state index < -0.39 is 0 Å². The second kappa shape index (κ2) is 5.81. The van der Waals surface area contributed by atoms with Crippen LogP contribution in [0.25, 0.3) is 0 Å². The molecule has 0 aromatic carbocycles. The summed E-state index contributed by atoms with van der Waals surface area (Å²) in [5.74, 6) is 0. The molecule has 0 aliphatic rings. The molecule has 0 aliphatic carbocycles. The number of aliphatic hydroxyl groups is 1. The summed E-state index contributed by atoms with van der Waals surface area (Å²) in [4.78, 5) is 0. The van der Waals surface area contributed by atoms with Gasteiger partial charge in [0.05, 0.1) is 12.3 Å². The summed E-state index contributed by atoms with van der Waals surface area (Å²) >= 11 is 0. The lowest BCUT2D eigenvalue weighted by Gasteiger charge is -2.06. The van der Waals surface area contributed by atoms with Gasteiger partial charge in [-0.2, -0.15) is 5.10 Å². The normalized spacial score (nSPS) is 13.1. The Morgan fingerprint density at radius 1 is 1.43 bits per heavy atom. The molecule has 0 aliphatic heterocycles. The van der Waals surface area contributed by atoms with E-state index in [1.54, 1.807) is 6.20 Å². The van der Waals surface area contributed by atoms with Gasteiger partial charge in [-0.3, -0.25) is 4.68 Å². The van der Waals surface area contributed by atoms with Crippen LogP contribution in [-0.2, 0) is 6.54 Å². The van der Waals surface area contributed by atoms with Gasteiger partial charge in [0.1, 0.15) is 0 Å². The van der Waals surface area contributed by atoms with Crippen molar-refractivity contribution in [2.75, 3.05) is 0 Å². The maximum atomic E-state index is 9.78. The van der Waals surface area contributed by atoms with Gasteiger partial charge in [-0.1, -0.05) is 26.7 Å². The molecule has 0 spiro atoms. The number of unbranched alkanes of at least 4 members (excludes halogenated alkanes) is 1. The van der Waals surface area contributed by atoms with Crippen molar-refractivity contribution >= 4 is 0 Å². The highest BCUT2D eigenvalue weighted by Gasteiger charge is 2.08. The standard InChI is InChI=1S/C11H20N2O/c1-3-5-6-11(14)10-8-12-13(9-10)7-4-2/h8-9,11,14H,3-7H2,1-2H3. The van der Waals surface area contributed by atoms with Crippen molar-refractivity contribution < 1.29 is 5.11 Å². The van der Waals surface area contributed by atoms with E-state index in [2.05, 4.69) is 18.9 Å². The Hall–Kier alpha value is -0.830. The van der Waals surface area contributed by atoms with Gasteiger partial charge in [0.2, 0.25) is 0 Å². The van der Waals surface area contributed by atoms with Gasteiger partial charge in [0.25, 0.3) is 0 Å². The molecule has 1 rings (SSSR count). The van der Waals surface area contributed by atoms with Crippen molar-refractivity contribution in [2.45, 2.75) is 52.2 Å². The van der Waals surface area contributed by atoms with Crippen molar-refractivity contribution in [2.24, 2.45) is 0 Å². The maximum absolute atomic E-state index is 9.78. The molecule has 1 atom stereocenters. The SMILES string of the molecule is CCCCC(O)c1cnn(CCC)c1. The highest BCUT2D eigenvalue weighted by molar-refractivity contribution is 5.07. The maximum Gasteiger partial charge on any atom is 0.0820 e. The van der Waals surface area contributed by atoms with Crippen LogP contribution in [0.1, 0.15) is 51.2 Å². The Morgan fingerprint density at radius 2 is 2.21 bits per heavy atom. The predicted octanol–water partition coefficient (Wildman–Crippen LogP) is 2.52. The van der Waals surface area contributed by atoms with Crippen LogP contribution in [0.5, 0.6) is 0 Å². The molecule has 3 heteroatoms. The van der Waals surface area contributed by atoms with Crippen LogP contribution in [-0.4, -0.2) is 14.9 Å². The van der Waals surface area contributed by atoms with E-state index in [9.17, 15) is 5.11 Å². The fraction of sp³-hybridized carbons (Fsp3) is 0.727. The first-order valence-corrected chi connectivity index (χ1v) is 5.48. The molecule has 1 heterocycles. The number of aliphatic hydroxyl groups excluding tert-OH is 1. The van der Waals surface area contributed by atoms with Crippen molar-refractivity contribution in [3.05, 3.63) is 18.0 Å². The Labute approximate surface area is 85.8 Å². The highest BCUT2D eigenvalue weighted by atomic mass is 16.3. The zero-order valence-corrected chi connectivity index (χ0v) is 9.11. The molecule has 0 radical (unpaired) electrons. The smallest absolute Gasteiger partial charge is 0.0820 e. The topological polar surface area (TPSA) is 38.1 Å². The molecule has 14 heavy (non-hydrogen) atoms. The van der Waals surface area contributed by atoms with E-state index in [0.717, 1.165) is 37.8 Å². The van der Waals surface area contributed by atoms with Crippen LogP contribution in [0.4, 0.5) is 0 Å². The fourth-order valence-electron chi connectivity index (χ4n) is 1.47. The monoisotopic (exact) mass is 196 g/mol. The molecule has 0 amide bonds. The van der Waals surface area contributed by atoms with Crippen LogP contribution in [0.15, 0.2) is 12.4 Å². The first-order chi connectivity index (χ1) is 6.77. The minimum Gasteiger partial charge on any atom is -0.388 e. The van der Waals surface area contributed by atoms with E-state index in [-0.39, 0.29) is 6.10 Å². The Morgan fingerprint density at radius 3 is 2.86 bits per heavy atom. The Balaban J connectivity index is 2.48. The first-order valence-electron chi connectivity index (χ1n) is 5.48. The molecule has 3 nitrogen and oxygen atoms in total. The fourth-order valence-corrected chi connectivity index (χ4v) is 1.47. The molecule has 80 valence electrons. The van der Waals surface area contributed by atoms with Gasteiger partial charge >= 0.3 is 0 Å². The number of aromatic nitrogens is 2. The lowest BCUT2D eigenvalue weighted by atomic mass is 10.1. The summed E-state index contributed by atoms with van der Waals surface area (Å²) < 4.78 is 1.89. The number of aryl methyl sites for hydroxylation is 1. The Bertz CT molecular complexity index is 258. The molecular weight excluding hydrogens is 176 g/mol. The Kier molecular flexibility index (Phi) is 4.66. The van der Waals surface area contributed by atoms with E-state index >= 15 is 0 Å². The quantitative estimate of drug-likeness (QED) is 0.759. The summed E-state index contributed by atoms with van der Waals surface area (Å²) in [6.45, 7) is 5.18. The number of rotatable bonds is 6. The molecule has 1 aromatic heterocycles. The highest BCUT2D eigenvalue weighted by Crippen LogP contribution is 2.18. The lowest BCUT2D eigenvalue weighted by molar-refractivity contribution is 0.164. The van der Waals surface area contributed by atoms with Gasteiger partial charge < -0.3 is 5.11 Å². The predicted molar refractivity (Wildman–Crippen MR) is 57.0 cm³/mol. The summed E-state index contributed by atoms with van der Waals surface area (Å²) in [5.41, 5.74) is 0.951. The molecule has 1 N–H and O–H groups in total. The van der Waals surface area contributed by atoms with Gasteiger partial charge in [-0.15, -0.1) is 0 Å². The largest absolute Gasteiger partial charge is 0.388 e. The van der Waals surface area contributed by atoms with Crippen molar-refractivity contribution in [3.63, 3.8) is 0 Å². The van der Waals surface area contributed by atoms with Crippen molar-refractivity contribution in [1.82, 2.24) is 9.78 Å². The van der Waals surface area contributed by atoms with E-state index in [1.165, 1.54) is 0 Å². The summed E-state index contributed by atoms with van der Waals surface area (Å²) in [5, 5.41) is 14.0. The van der Waals surface area contributed by atoms with Crippen LogP contribution >= 0.6 is 0 Å². The van der Waals surface area contributed by atoms with Crippen LogP contribution in [0.2, 0.25) is 0 Å². The van der Waals surface area contributed by atoms with Crippen LogP contribution in [0, 0.1) is 0 Å². The molecule has 0 saturated carbocycles. The van der Waals surface area contributed by atoms with Gasteiger partial charge in [0, 0.05) is 18.3 Å². The van der Waals surface area contributed by atoms with Crippen molar-refractivity contribution in [3.8, 4) is 0 Å². The average molecular weight is 196 g/mol. The molecule has 0 fully saturated rings. The molecular formula is C11H20N2O. The minimum absolute atomic E-state index is 0.333. The molecule has 1 aromatic rings. The second-order valence-electron chi connectivity index (χ2n) is 3.69. The summed E-state index contributed by atoms with van der Waals surface area (Å²) in [6, 6.07) is 0. The van der Waals surface area contributed by atoms with Crippen LogP contribution < -0.4 is 0 Å². The van der Waals surface area contributed by atoms with Crippen molar-refractivity contribution in [1.29, 1.82) is 0 Å². The van der Waals surface area contributed by atoms with E-state index in [4.69, 9.17) is 0 Å². The zero-order chi connectivity index (χ0) is 10.4. The van der Waals surface area contributed by atoms with Gasteiger partial charge in [0.15, 0.2) is 0 Å². The third-order valence-electron chi connectivity index (χ3n) is 2.32. The number of nitrogens with zero attached hydrogens (tertiary/aromatic N) is 2. The van der Waals surface area contributed by atoms with Gasteiger partial charge in [-0.25, -0.2) is 0 Å². The number of hydrogen-bond acceptors (Lipinski definition) is 2. The second-order valence-corrected chi connectivity index (χ2v) is 3.69. The first kappa shape index (κ1) is 11.2. The zero-order valence-electron chi connectivity index (χ0n) is 9.11. The number of hydrogen-bond donors (Lipinski definition) is 1. The lowest BCUT2D eigenvalue weighted by Crippen LogP contribution is -1.97. The molecule has 0 bridgehead atoms. The van der Waals surface area contributed by atoms with Gasteiger partial charge in [-0.05, 0) is 12.8 Å². The molecule has 0 saturated heterocycles. The third kappa shape index (κ3) is 3.14. The summed E-state index contributed by atoms with van der Waals surface area (Å²) in [6.07, 6.45) is 7.50. The average Bonchev–Trinajstić information content (AvgIpc) is 2.63. The third-order valence-corrected chi connectivity index (χ3v) is 2.32. The summed E-state index contributed by atoms with van der Waals surface area (Å²) in [7, 11) is 0. The molecule has 1 unspecified atom stereocenters. The minimum atomic E-state index is -0.333. The van der Waals surface area contributed by atoms with E-state index in [0.29, 0.717) is 0 Å². The van der Waals surface area contributed by atoms with E-state index in [1.807, 2.05) is 10.9 Å². The van der Waals surface area contributed by atoms with Crippen LogP contribution in [0.3, 0.4) is 0 Å².